The maximum absolute atomic E-state index is 14.6. The van der Waals surface area contributed by atoms with Crippen LogP contribution in [0.25, 0.3) is 10.8 Å². The first-order chi connectivity index (χ1) is 23.3. The molecule has 0 bridgehead atoms. The average Bonchev–Trinajstić information content (AvgIpc) is 3.73. The first-order valence-corrected chi connectivity index (χ1v) is 18.8. The second kappa shape index (κ2) is 13.6. The zero-order valence-corrected chi connectivity index (χ0v) is 28.2. The molecule has 6 heterocycles. The summed E-state index contributed by atoms with van der Waals surface area (Å²) in [7, 11) is -1.45. The number of sulfone groups is 1. The lowest BCUT2D eigenvalue weighted by Crippen LogP contribution is -2.46. The number of methoxy groups -OCH3 is 1. The van der Waals surface area contributed by atoms with Crippen LogP contribution < -0.4 is 15.1 Å². The Morgan fingerprint density at radius 2 is 1.81 bits per heavy atom. The molecular weight excluding hydrogens is 633 g/mol. The minimum absolute atomic E-state index is 0.0790. The van der Waals surface area contributed by atoms with Crippen molar-refractivity contribution in [3.8, 4) is 0 Å². The Labute approximate surface area is 281 Å². The number of carbonyl (C=O) groups excluding carboxylic acids is 1. The maximum atomic E-state index is 14.6. The number of likely N-dealkylation sites (tertiary alicyclic amines) is 1. The molecule has 2 aromatic heterocycles. The van der Waals surface area contributed by atoms with Gasteiger partial charge in [-0.2, -0.15) is 4.98 Å². The maximum Gasteiger partial charge on any atom is 0.246 e. The zero-order chi connectivity index (χ0) is 33.4. The second-order valence-electron chi connectivity index (χ2n) is 13.4. The highest BCUT2D eigenvalue weighted by Gasteiger charge is 2.39. The number of halogens is 1. The van der Waals surface area contributed by atoms with Crippen LogP contribution in [-0.4, -0.2) is 97.3 Å². The van der Waals surface area contributed by atoms with Crippen molar-refractivity contribution in [2.75, 3.05) is 60.7 Å². The molecule has 1 N–H and O–H groups in total. The van der Waals surface area contributed by atoms with E-state index in [-0.39, 0.29) is 29.7 Å². The first kappa shape index (κ1) is 32.7. The number of piperidine rings is 2. The van der Waals surface area contributed by atoms with Gasteiger partial charge in [-0.05, 0) is 86.1 Å². The summed E-state index contributed by atoms with van der Waals surface area (Å²) < 4.78 is 45.2. The van der Waals surface area contributed by atoms with E-state index < -0.39 is 22.1 Å². The molecule has 0 radical (unpaired) electrons. The molecule has 0 saturated carbocycles. The molecule has 4 fully saturated rings. The number of nitrogens with zero attached hydrogens (tertiary/aromatic N) is 6. The fraction of sp³-hybridized carbons (Fsp3) is 0.543. The average molecular weight is 678 g/mol. The molecule has 3 aromatic rings. The van der Waals surface area contributed by atoms with Crippen LogP contribution in [0, 0.1) is 5.92 Å². The summed E-state index contributed by atoms with van der Waals surface area (Å²) in [6, 6.07) is 7.96. The fourth-order valence-corrected chi connectivity index (χ4v) is 10.5. The lowest BCUT2D eigenvalue weighted by molar-refractivity contribution is -0.126. The Bertz CT molecular complexity index is 1780. The highest BCUT2D eigenvalue weighted by atomic mass is 32.2. The summed E-state index contributed by atoms with van der Waals surface area (Å²) >= 11 is 0. The molecular formula is C35H44FN7O4S. The van der Waals surface area contributed by atoms with Gasteiger partial charge in [0, 0.05) is 56.8 Å². The summed E-state index contributed by atoms with van der Waals surface area (Å²) in [6.07, 6.45) is 8.92. The number of benzene rings is 1. The van der Waals surface area contributed by atoms with Crippen LogP contribution in [0.5, 0.6) is 0 Å². The van der Waals surface area contributed by atoms with Crippen molar-refractivity contribution in [2.24, 2.45) is 5.92 Å². The van der Waals surface area contributed by atoms with Crippen molar-refractivity contribution in [1.82, 2.24) is 19.9 Å². The van der Waals surface area contributed by atoms with Crippen molar-refractivity contribution < 1.29 is 22.3 Å². The first-order valence-electron chi connectivity index (χ1n) is 17.1. The lowest BCUT2D eigenvalue weighted by Gasteiger charge is -2.36. The molecule has 1 amide bonds. The van der Waals surface area contributed by atoms with E-state index in [2.05, 4.69) is 38.9 Å². The lowest BCUT2D eigenvalue weighted by atomic mass is 9.90. The van der Waals surface area contributed by atoms with Gasteiger partial charge < -0.3 is 24.8 Å². The van der Waals surface area contributed by atoms with E-state index >= 15 is 0 Å². The van der Waals surface area contributed by atoms with E-state index in [1.54, 1.807) is 12.3 Å². The number of ether oxygens (including phenoxy) is 1. The molecule has 4 aliphatic heterocycles. The van der Waals surface area contributed by atoms with E-state index in [9.17, 15) is 17.6 Å². The van der Waals surface area contributed by atoms with Crippen molar-refractivity contribution in [3.63, 3.8) is 0 Å². The number of nitrogens with one attached hydrogen (secondary N) is 1. The Morgan fingerprint density at radius 3 is 2.54 bits per heavy atom. The summed E-state index contributed by atoms with van der Waals surface area (Å²) in [6.45, 7) is 6.72. The SMILES string of the molecule is C=CC(=O)N1CCC[C@H]1c1ccc(N2CCC([C@H]3CCCS3(=O)=O)CC2)c2cnc(Nc3ccnc(N4CC[C@@H](OC)[C@@H](F)C4)n3)cc12. The van der Waals surface area contributed by atoms with E-state index in [4.69, 9.17) is 9.72 Å². The smallest absolute Gasteiger partial charge is 0.246 e. The Balaban J connectivity index is 1.18. The molecule has 0 aliphatic carbocycles. The number of carbonyl (C=O) groups is 1. The van der Waals surface area contributed by atoms with Crippen molar-refractivity contribution >= 4 is 49.8 Å². The topological polar surface area (TPSA) is 121 Å². The minimum Gasteiger partial charge on any atom is -0.378 e. The Hall–Kier alpha value is -3.84. The van der Waals surface area contributed by atoms with Crippen molar-refractivity contribution in [2.45, 2.75) is 68.5 Å². The van der Waals surface area contributed by atoms with Crippen LogP contribution in [0.1, 0.15) is 56.6 Å². The van der Waals surface area contributed by atoms with E-state index in [0.717, 1.165) is 73.6 Å². The van der Waals surface area contributed by atoms with Crippen LogP contribution in [0.3, 0.4) is 0 Å². The third-order valence-corrected chi connectivity index (χ3v) is 13.1. The molecule has 7 rings (SSSR count). The monoisotopic (exact) mass is 677 g/mol. The van der Waals surface area contributed by atoms with Crippen LogP contribution >= 0.6 is 0 Å². The van der Waals surface area contributed by atoms with Gasteiger partial charge in [0.2, 0.25) is 11.9 Å². The quantitative estimate of drug-likeness (QED) is 0.327. The van der Waals surface area contributed by atoms with Crippen LogP contribution in [0.2, 0.25) is 0 Å². The van der Waals surface area contributed by atoms with E-state index in [1.165, 1.54) is 13.2 Å². The third-order valence-electron chi connectivity index (χ3n) is 10.7. The second-order valence-corrected chi connectivity index (χ2v) is 15.8. The van der Waals surface area contributed by atoms with Gasteiger partial charge in [-0.3, -0.25) is 4.79 Å². The minimum atomic E-state index is -2.99. The van der Waals surface area contributed by atoms with Gasteiger partial charge in [0.15, 0.2) is 9.84 Å². The van der Waals surface area contributed by atoms with Gasteiger partial charge in [0.05, 0.1) is 29.7 Å². The van der Waals surface area contributed by atoms with Crippen molar-refractivity contribution in [3.05, 3.63) is 54.9 Å². The number of rotatable bonds is 8. The standard InChI is InChI=1S/C35H44FN7O4S/c1-3-34(44)43-15-4-6-29(43)24-8-9-28(41-16-11-23(12-17-41)31-7-5-19-48(31,45)46)26-21-38-33(20-25(24)26)39-32-10-14-37-35(40-32)42-18-13-30(47-2)27(36)22-42/h3,8-10,14,20-21,23,27,29-31H,1,4-7,11-13,15-19,22H2,2H3,(H,37,38,39,40)/t27-,29-,30+,31+/m0/s1. The summed E-state index contributed by atoms with van der Waals surface area (Å²) in [5.74, 6) is 2.02. The van der Waals surface area contributed by atoms with Gasteiger partial charge >= 0.3 is 0 Å². The molecule has 4 saturated heterocycles. The summed E-state index contributed by atoms with van der Waals surface area (Å²) in [4.78, 5) is 32.8. The van der Waals surface area contributed by atoms with Crippen LogP contribution in [0.15, 0.2) is 49.3 Å². The van der Waals surface area contributed by atoms with E-state index in [1.807, 2.05) is 22.1 Å². The van der Waals surface area contributed by atoms with Crippen LogP contribution in [-0.2, 0) is 19.4 Å². The summed E-state index contributed by atoms with van der Waals surface area (Å²) in [5.41, 5.74) is 2.11. The molecule has 256 valence electrons. The zero-order valence-electron chi connectivity index (χ0n) is 27.4. The molecule has 0 spiro atoms. The Morgan fingerprint density at radius 1 is 1.00 bits per heavy atom. The summed E-state index contributed by atoms with van der Waals surface area (Å²) in [5, 5.41) is 5.12. The molecule has 13 heteroatoms. The Kier molecular flexibility index (Phi) is 9.25. The van der Waals surface area contributed by atoms with Crippen LogP contribution in [0.4, 0.5) is 27.7 Å². The number of alkyl halides is 1. The largest absolute Gasteiger partial charge is 0.378 e. The number of fused-ring (bicyclic) bond motifs is 1. The molecule has 4 atom stereocenters. The molecule has 0 unspecified atom stereocenters. The predicted molar refractivity (Wildman–Crippen MR) is 185 cm³/mol. The van der Waals surface area contributed by atoms with Gasteiger partial charge in [-0.15, -0.1) is 0 Å². The van der Waals surface area contributed by atoms with E-state index in [0.29, 0.717) is 42.8 Å². The van der Waals surface area contributed by atoms with Gasteiger partial charge in [0.1, 0.15) is 17.8 Å². The van der Waals surface area contributed by atoms with Crippen molar-refractivity contribution in [1.29, 1.82) is 0 Å². The highest BCUT2D eigenvalue weighted by molar-refractivity contribution is 7.92. The fourth-order valence-electron chi connectivity index (χ4n) is 8.24. The highest BCUT2D eigenvalue weighted by Crippen LogP contribution is 2.41. The number of pyridine rings is 1. The molecule has 1 aromatic carbocycles. The number of hydrogen-bond acceptors (Lipinski definition) is 10. The predicted octanol–water partition coefficient (Wildman–Crippen LogP) is 4.97. The normalized spacial score (nSPS) is 26.2. The molecule has 48 heavy (non-hydrogen) atoms. The van der Waals surface area contributed by atoms with Gasteiger partial charge in [0.25, 0.3) is 0 Å². The number of amides is 1. The molecule has 4 aliphatic rings. The van der Waals surface area contributed by atoms with Gasteiger partial charge in [-0.1, -0.05) is 12.6 Å². The number of hydrogen-bond donors (Lipinski definition) is 1. The third kappa shape index (κ3) is 6.34. The molecule has 11 nitrogen and oxygen atoms in total. The van der Waals surface area contributed by atoms with Gasteiger partial charge in [-0.25, -0.2) is 22.8 Å². The number of aromatic nitrogens is 3. The number of anilines is 4.